The van der Waals surface area contributed by atoms with Crippen LogP contribution in [0, 0.1) is 5.92 Å². The number of rotatable bonds is 14. The molecule has 5 aliphatic rings. The minimum atomic E-state index is -1.12. The predicted octanol–water partition coefficient (Wildman–Crippen LogP) is 5.37. The lowest BCUT2D eigenvalue weighted by molar-refractivity contribution is -0.348. The van der Waals surface area contributed by atoms with E-state index in [1.165, 1.54) is 5.57 Å². The minimum Gasteiger partial charge on any atom is -0.396 e. The van der Waals surface area contributed by atoms with Crippen LogP contribution in [0.5, 0.6) is 0 Å². The quantitative estimate of drug-likeness (QED) is 0.109. The van der Waals surface area contributed by atoms with Crippen LogP contribution in [0.1, 0.15) is 98.8 Å². The molecule has 5 heterocycles. The molecule has 5 rings (SSSR count). The zero-order valence-corrected chi connectivity index (χ0v) is 29.6. The number of hydrogen-bond acceptors (Lipinski definition) is 9. The van der Waals surface area contributed by atoms with Gasteiger partial charge in [-0.1, -0.05) is 60.1 Å². The van der Waals surface area contributed by atoms with Gasteiger partial charge < -0.3 is 44.1 Å². The van der Waals surface area contributed by atoms with E-state index in [1.54, 1.807) is 0 Å². The third kappa shape index (κ3) is 10.2. The Balaban J connectivity index is 1.08. The Labute approximate surface area is 287 Å². The highest BCUT2D eigenvalue weighted by molar-refractivity contribution is 5.21. The zero-order valence-electron chi connectivity index (χ0n) is 29.6. The Bertz CT molecular complexity index is 1200. The van der Waals surface area contributed by atoms with Crippen LogP contribution in [-0.4, -0.2) is 100.0 Å². The molecule has 4 N–H and O–H groups in total. The van der Waals surface area contributed by atoms with Crippen molar-refractivity contribution in [3.05, 3.63) is 59.3 Å². The fourth-order valence-corrected chi connectivity index (χ4v) is 8.04. The third-order valence-electron chi connectivity index (χ3n) is 10.3. The van der Waals surface area contributed by atoms with Crippen LogP contribution in [0.3, 0.4) is 0 Å². The van der Waals surface area contributed by atoms with Crippen molar-refractivity contribution in [3.8, 4) is 0 Å². The minimum absolute atomic E-state index is 0.0144. The summed E-state index contributed by atoms with van der Waals surface area (Å²) in [5.74, 6) is -0.848. The molecule has 0 amide bonds. The van der Waals surface area contributed by atoms with Gasteiger partial charge in [0.2, 0.25) is 0 Å². The number of fused-ring (bicyclic) bond motifs is 1. The number of allylic oxidation sites excluding steroid dienone is 6. The van der Waals surface area contributed by atoms with Crippen molar-refractivity contribution in [3.63, 3.8) is 0 Å². The molecule has 0 unspecified atom stereocenters. The molecule has 4 saturated heterocycles. The van der Waals surface area contributed by atoms with Gasteiger partial charge in [-0.15, -0.1) is 0 Å². The molecule has 0 radical (unpaired) electrons. The highest BCUT2D eigenvalue weighted by Crippen LogP contribution is 2.45. The van der Waals surface area contributed by atoms with E-state index in [-0.39, 0.29) is 55.6 Å². The summed E-state index contributed by atoms with van der Waals surface area (Å²) < 4.78 is 31.8. The standard InChI is InChI=1S/C39H60O9/c1-24(2)17-31(41)34-15-14-28(44-34)20-30-18-26(4)22-39(47-30)23-33(43)37-38(48-39)32(42)21-29(45-37)19-27(5)36-35(46-36)13-9-8-12-25(3)11-7-6-10-16-40/h6-8,11-12,17,22,27-38,40-43H,9-10,13-16,18-21,23H2,1-5H3/b7-6+,12-8+,25-11+/t27-,28+,29+,30-,31+,32-,33-,34+,35+,36+,37-,38+,39-/m0/s1. The van der Waals surface area contributed by atoms with E-state index in [2.05, 4.69) is 32.9 Å². The van der Waals surface area contributed by atoms with Gasteiger partial charge >= 0.3 is 0 Å². The molecule has 4 fully saturated rings. The van der Waals surface area contributed by atoms with Gasteiger partial charge in [0.05, 0.1) is 54.9 Å². The molecule has 0 aromatic carbocycles. The Kier molecular flexibility index (Phi) is 13.3. The van der Waals surface area contributed by atoms with Gasteiger partial charge in [-0.2, -0.15) is 0 Å². The number of epoxide rings is 1. The molecule has 0 aromatic rings. The van der Waals surface area contributed by atoms with Crippen molar-refractivity contribution < 1.29 is 44.1 Å². The van der Waals surface area contributed by atoms with Gasteiger partial charge in [0.1, 0.15) is 12.2 Å². The molecule has 0 bridgehead atoms. The van der Waals surface area contributed by atoms with Gasteiger partial charge in [0, 0.05) is 25.9 Å². The molecule has 0 saturated carbocycles. The molecule has 48 heavy (non-hydrogen) atoms. The first-order chi connectivity index (χ1) is 22.9. The number of hydrogen-bond donors (Lipinski definition) is 4. The summed E-state index contributed by atoms with van der Waals surface area (Å²) in [5, 5.41) is 42.0. The van der Waals surface area contributed by atoms with E-state index in [9.17, 15) is 15.3 Å². The summed E-state index contributed by atoms with van der Waals surface area (Å²) in [7, 11) is 0. The lowest BCUT2D eigenvalue weighted by atomic mass is 9.84. The van der Waals surface area contributed by atoms with Crippen LogP contribution < -0.4 is 0 Å². The first-order valence-corrected chi connectivity index (χ1v) is 18.3. The molecule has 0 aromatic heterocycles. The molecule has 9 nitrogen and oxygen atoms in total. The fraction of sp³-hybridized carbons (Fsp3) is 0.744. The summed E-state index contributed by atoms with van der Waals surface area (Å²) in [6, 6.07) is 0. The molecular formula is C39H60O9. The van der Waals surface area contributed by atoms with Gasteiger partial charge in [-0.05, 0) is 84.6 Å². The van der Waals surface area contributed by atoms with E-state index < -0.39 is 36.3 Å². The summed E-state index contributed by atoms with van der Waals surface area (Å²) >= 11 is 0. The van der Waals surface area contributed by atoms with Crippen molar-refractivity contribution in [1.82, 2.24) is 0 Å². The molecular weight excluding hydrogens is 612 g/mol. The molecule has 270 valence electrons. The zero-order chi connectivity index (χ0) is 34.4. The van der Waals surface area contributed by atoms with Crippen LogP contribution in [0.25, 0.3) is 0 Å². The maximum Gasteiger partial charge on any atom is 0.191 e. The molecule has 5 aliphatic heterocycles. The van der Waals surface area contributed by atoms with Crippen LogP contribution in [0.2, 0.25) is 0 Å². The molecule has 1 spiro atoms. The van der Waals surface area contributed by atoms with Gasteiger partial charge in [-0.3, -0.25) is 0 Å². The van der Waals surface area contributed by atoms with Gasteiger partial charge in [0.25, 0.3) is 0 Å². The molecule has 13 atom stereocenters. The number of ether oxygens (including phenoxy) is 5. The normalized spacial score (nSPS) is 39.9. The second kappa shape index (κ2) is 17.0. The molecule has 9 heteroatoms. The Morgan fingerprint density at radius 3 is 2.56 bits per heavy atom. The summed E-state index contributed by atoms with van der Waals surface area (Å²) in [5.41, 5.74) is 3.36. The second-order valence-electron chi connectivity index (χ2n) is 15.2. The second-order valence-corrected chi connectivity index (χ2v) is 15.2. The fourth-order valence-electron chi connectivity index (χ4n) is 8.04. The first kappa shape index (κ1) is 37.6. The summed E-state index contributed by atoms with van der Waals surface area (Å²) in [6.45, 7) is 10.4. The Hall–Kier alpha value is -1.66. The van der Waals surface area contributed by atoms with E-state index in [1.807, 2.05) is 44.2 Å². The summed E-state index contributed by atoms with van der Waals surface area (Å²) in [4.78, 5) is 0. The summed E-state index contributed by atoms with van der Waals surface area (Å²) in [6.07, 6.45) is 17.5. The van der Waals surface area contributed by atoms with E-state index >= 15 is 0 Å². The average Bonchev–Trinajstić information content (AvgIpc) is 3.64. The van der Waals surface area contributed by atoms with Crippen molar-refractivity contribution in [2.45, 2.75) is 172 Å². The Morgan fingerprint density at radius 1 is 0.979 bits per heavy atom. The third-order valence-corrected chi connectivity index (χ3v) is 10.3. The smallest absolute Gasteiger partial charge is 0.191 e. The molecule has 0 aliphatic carbocycles. The van der Waals surface area contributed by atoms with Crippen LogP contribution in [0.15, 0.2) is 59.3 Å². The SMILES string of the molecule is CC(C)=C[C@@H](O)[C@H]1CC[C@H](C[C@@H]2CC(C)=C[C@]3(C[C@H](O)[C@@H]4O[C@H](C[C@H](C)[C@H]5O[C@@H]5CC/C=C/C(C)=C/C=C/CCO)C[C@H](O)[C@H]4O3)O2)O1. The van der Waals surface area contributed by atoms with Crippen LogP contribution >= 0.6 is 0 Å². The van der Waals surface area contributed by atoms with Gasteiger partial charge in [-0.25, -0.2) is 0 Å². The number of aliphatic hydroxyl groups is 4. The van der Waals surface area contributed by atoms with Crippen LogP contribution in [0.4, 0.5) is 0 Å². The average molecular weight is 673 g/mol. The lowest BCUT2D eigenvalue weighted by Gasteiger charge is -2.52. The van der Waals surface area contributed by atoms with Crippen LogP contribution in [-0.2, 0) is 23.7 Å². The largest absolute Gasteiger partial charge is 0.396 e. The highest BCUT2D eigenvalue weighted by Gasteiger charge is 2.55. The van der Waals surface area contributed by atoms with E-state index in [4.69, 9.17) is 28.8 Å². The maximum atomic E-state index is 11.4. The van der Waals surface area contributed by atoms with Crippen molar-refractivity contribution in [2.24, 2.45) is 5.92 Å². The van der Waals surface area contributed by atoms with Gasteiger partial charge in [0.15, 0.2) is 5.79 Å². The van der Waals surface area contributed by atoms with Crippen molar-refractivity contribution in [1.29, 1.82) is 0 Å². The Morgan fingerprint density at radius 2 is 1.79 bits per heavy atom. The maximum absolute atomic E-state index is 11.4. The number of aliphatic hydroxyl groups excluding tert-OH is 4. The van der Waals surface area contributed by atoms with E-state index in [0.29, 0.717) is 19.3 Å². The predicted molar refractivity (Wildman–Crippen MR) is 184 cm³/mol. The van der Waals surface area contributed by atoms with Crippen molar-refractivity contribution in [2.75, 3.05) is 6.61 Å². The highest BCUT2D eigenvalue weighted by atomic mass is 16.7. The monoisotopic (exact) mass is 672 g/mol. The first-order valence-electron chi connectivity index (χ1n) is 18.3. The van der Waals surface area contributed by atoms with E-state index in [0.717, 1.165) is 49.7 Å². The topological polar surface area (TPSA) is 130 Å². The lowest BCUT2D eigenvalue weighted by Crippen LogP contribution is -2.64. The van der Waals surface area contributed by atoms with Crippen molar-refractivity contribution >= 4 is 0 Å².